The highest BCUT2D eigenvalue weighted by molar-refractivity contribution is 6.03. The van der Waals surface area contributed by atoms with Crippen LogP contribution in [0.2, 0.25) is 0 Å². The predicted octanol–water partition coefficient (Wildman–Crippen LogP) is 2.70. The first-order valence-corrected chi connectivity index (χ1v) is 14.0. The first-order valence-electron chi connectivity index (χ1n) is 14.0. The highest BCUT2D eigenvalue weighted by atomic mass is 16.5. The van der Waals surface area contributed by atoms with Gasteiger partial charge in [0.2, 0.25) is 17.7 Å². The molecule has 0 spiro atoms. The second-order valence-electron chi connectivity index (χ2n) is 10.4. The maximum atomic E-state index is 13.9. The summed E-state index contributed by atoms with van der Waals surface area (Å²) in [6.45, 7) is 5.15. The molecule has 224 valence electrons. The Hall–Kier alpha value is -3.76. The Balaban J connectivity index is 2.46. The van der Waals surface area contributed by atoms with E-state index in [1.165, 1.54) is 14.0 Å². The van der Waals surface area contributed by atoms with Gasteiger partial charge in [0.15, 0.2) is 0 Å². The Bertz CT molecular complexity index is 1140. The maximum Gasteiger partial charge on any atom is 0.325 e. The number of nitrogens with zero attached hydrogens (tertiary/aromatic N) is 1. The van der Waals surface area contributed by atoms with Crippen LogP contribution in [0, 0.1) is 5.92 Å². The lowest BCUT2D eigenvalue weighted by Gasteiger charge is -2.33. The number of hydrogen-bond acceptors (Lipinski definition) is 7. The van der Waals surface area contributed by atoms with Crippen LogP contribution >= 0.6 is 0 Å². The number of aliphatic carboxylic acids is 1. The van der Waals surface area contributed by atoms with Crippen LogP contribution in [0.1, 0.15) is 57.6 Å². The number of unbranched alkanes of at least 4 members (excludes halogenated alkanes) is 1. The van der Waals surface area contributed by atoms with Gasteiger partial charge in [-0.15, -0.1) is 0 Å². The van der Waals surface area contributed by atoms with Crippen LogP contribution in [0.5, 0.6) is 5.75 Å². The monoisotopic (exact) mass is 569 g/mol. The quantitative estimate of drug-likeness (QED) is 0.240. The van der Waals surface area contributed by atoms with Crippen molar-refractivity contribution in [2.75, 3.05) is 7.11 Å². The number of imide groups is 1. The average Bonchev–Trinajstić information content (AvgIpc) is 2.96. The number of benzene rings is 2. The molecule has 10 nitrogen and oxygen atoms in total. The largest absolute Gasteiger partial charge is 0.497 e. The van der Waals surface area contributed by atoms with Crippen molar-refractivity contribution in [3.05, 3.63) is 65.7 Å². The van der Waals surface area contributed by atoms with Gasteiger partial charge in [-0.05, 0) is 48.9 Å². The van der Waals surface area contributed by atoms with Crippen molar-refractivity contribution in [3.63, 3.8) is 0 Å². The van der Waals surface area contributed by atoms with Gasteiger partial charge in [-0.25, -0.2) is 0 Å². The van der Waals surface area contributed by atoms with Crippen LogP contribution in [-0.4, -0.2) is 70.1 Å². The zero-order chi connectivity index (χ0) is 30.5. The summed E-state index contributed by atoms with van der Waals surface area (Å²) in [6, 6.07) is 11.9. The summed E-state index contributed by atoms with van der Waals surface area (Å²) in [7, 11) is 1.54. The van der Waals surface area contributed by atoms with Gasteiger partial charge in [0.25, 0.3) is 0 Å². The number of aliphatic hydroxyl groups is 1. The van der Waals surface area contributed by atoms with Crippen LogP contribution in [0.25, 0.3) is 0 Å². The molecule has 3 amide bonds. The van der Waals surface area contributed by atoms with Crippen LogP contribution in [0.4, 0.5) is 0 Å². The number of nitrogens with two attached hydrogens (primary N) is 1. The molecule has 0 aromatic heterocycles. The number of ether oxygens (including phenoxy) is 1. The summed E-state index contributed by atoms with van der Waals surface area (Å²) in [5.41, 5.74) is 7.71. The Morgan fingerprint density at radius 2 is 1.59 bits per heavy atom. The minimum absolute atomic E-state index is 0.0623. The van der Waals surface area contributed by atoms with Crippen LogP contribution in [0.3, 0.4) is 0 Å². The van der Waals surface area contributed by atoms with E-state index in [0.29, 0.717) is 17.7 Å². The fraction of sp³-hybridized carbons (Fsp3) is 0.484. The van der Waals surface area contributed by atoms with E-state index in [1.54, 1.807) is 54.6 Å². The molecule has 0 unspecified atom stereocenters. The van der Waals surface area contributed by atoms with Gasteiger partial charge in [0, 0.05) is 6.42 Å². The molecule has 0 bridgehead atoms. The lowest BCUT2D eigenvalue weighted by molar-refractivity contribution is -0.154. The van der Waals surface area contributed by atoms with E-state index < -0.39 is 47.9 Å². The van der Waals surface area contributed by atoms with Gasteiger partial charge < -0.3 is 26.0 Å². The Morgan fingerprint density at radius 3 is 2.15 bits per heavy atom. The lowest BCUT2D eigenvalue weighted by atomic mass is 9.94. The topological polar surface area (TPSA) is 159 Å². The normalized spacial score (nSPS) is 14.7. The molecule has 0 aliphatic rings. The lowest BCUT2D eigenvalue weighted by Crippen LogP contribution is -2.59. The molecule has 5 atom stereocenters. The molecule has 2 aromatic rings. The Morgan fingerprint density at radius 1 is 0.976 bits per heavy atom. The smallest absolute Gasteiger partial charge is 0.325 e. The molecule has 41 heavy (non-hydrogen) atoms. The highest BCUT2D eigenvalue weighted by Gasteiger charge is 2.39. The molecule has 0 radical (unpaired) electrons. The summed E-state index contributed by atoms with van der Waals surface area (Å²) in [5.74, 6) is -3.21. The van der Waals surface area contributed by atoms with Crippen LogP contribution < -0.4 is 15.8 Å². The first-order chi connectivity index (χ1) is 19.5. The minimum Gasteiger partial charge on any atom is -0.497 e. The van der Waals surface area contributed by atoms with Crippen LogP contribution in [0.15, 0.2) is 54.6 Å². The van der Waals surface area contributed by atoms with Crippen molar-refractivity contribution >= 4 is 23.7 Å². The number of nitrogens with one attached hydrogen (secondary N) is 1. The second kappa shape index (κ2) is 16.5. The number of carbonyl (C=O) groups is 4. The molecule has 0 saturated carbocycles. The molecule has 0 aliphatic heterocycles. The molecule has 5 N–H and O–H groups in total. The molecule has 0 heterocycles. The fourth-order valence-electron chi connectivity index (χ4n) is 4.44. The van der Waals surface area contributed by atoms with Crippen LogP contribution in [-0.2, 0) is 32.0 Å². The average molecular weight is 570 g/mol. The molecule has 2 rings (SSSR count). The third-order valence-corrected chi connectivity index (χ3v) is 7.11. The van der Waals surface area contributed by atoms with Crippen molar-refractivity contribution in [2.24, 2.45) is 11.7 Å². The Labute approximate surface area is 241 Å². The summed E-state index contributed by atoms with van der Waals surface area (Å²) >= 11 is 0. The summed E-state index contributed by atoms with van der Waals surface area (Å²) in [6.07, 6.45) is 1.07. The zero-order valence-electron chi connectivity index (χ0n) is 24.3. The number of carboxylic acids is 1. The van der Waals surface area contributed by atoms with Gasteiger partial charge in [0.1, 0.15) is 17.8 Å². The standard InChI is InChI=1S/C31H43N3O7/c1-5-6-10-20(2)27(35)19-28(36)34(30(38)25(32)17-23-13-15-24(41-4)16-14-23)26(18-22-11-8-7-9-12-22)29(37)33-21(3)31(39)40/h7-9,11-16,20-21,25-27,35H,5-6,10,17-19,32H2,1-4H3,(H,33,37)(H,39,40)/t20-,21+,25+,26+,27-/m0/s1. The van der Waals surface area contributed by atoms with Gasteiger partial charge in [-0.2, -0.15) is 0 Å². The van der Waals surface area contributed by atoms with E-state index >= 15 is 0 Å². The van der Waals surface area contributed by atoms with E-state index in [-0.39, 0.29) is 25.2 Å². The summed E-state index contributed by atoms with van der Waals surface area (Å²) < 4.78 is 5.17. The van der Waals surface area contributed by atoms with Gasteiger partial charge in [-0.3, -0.25) is 24.1 Å². The van der Waals surface area contributed by atoms with Crippen molar-refractivity contribution < 1.29 is 34.1 Å². The molecule has 0 fully saturated rings. The third-order valence-electron chi connectivity index (χ3n) is 7.11. The number of carbonyl (C=O) groups excluding carboxylic acids is 3. The predicted molar refractivity (Wildman–Crippen MR) is 155 cm³/mol. The van der Waals surface area contributed by atoms with Crippen molar-refractivity contribution in [1.82, 2.24) is 10.2 Å². The maximum absolute atomic E-state index is 13.9. The summed E-state index contributed by atoms with van der Waals surface area (Å²) in [5, 5.41) is 22.6. The van der Waals surface area contributed by atoms with Crippen molar-refractivity contribution in [1.29, 1.82) is 0 Å². The SMILES string of the molecule is CCCC[C@H](C)[C@@H](O)CC(=O)N(C(=O)[C@H](N)Cc1ccc(OC)cc1)[C@H](Cc1ccccc1)C(=O)N[C@H](C)C(=O)O. The van der Waals surface area contributed by atoms with Gasteiger partial charge in [0.05, 0.1) is 25.7 Å². The number of hydrogen-bond donors (Lipinski definition) is 4. The fourth-order valence-corrected chi connectivity index (χ4v) is 4.44. The van der Waals surface area contributed by atoms with Crippen molar-refractivity contribution in [2.45, 2.75) is 83.5 Å². The number of aliphatic hydroxyl groups excluding tert-OH is 1. The molecule has 10 heteroatoms. The van der Waals surface area contributed by atoms with E-state index in [4.69, 9.17) is 10.5 Å². The molecule has 2 aromatic carbocycles. The Kier molecular flexibility index (Phi) is 13.5. The van der Waals surface area contributed by atoms with E-state index in [9.17, 15) is 29.4 Å². The summed E-state index contributed by atoms with van der Waals surface area (Å²) in [4.78, 5) is 53.4. The minimum atomic E-state index is -1.39. The van der Waals surface area contributed by atoms with E-state index in [0.717, 1.165) is 23.3 Å². The van der Waals surface area contributed by atoms with Crippen molar-refractivity contribution in [3.8, 4) is 5.75 Å². The highest BCUT2D eigenvalue weighted by Crippen LogP contribution is 2.20. The molecule has 0 aliphatic carbocycles. The van der Waals surface area contributed by atoms with Gasteiger partial charge in [-0.1, -0.05) is 69.2 Å². The van der Waals surface area contributed by atoms with E-state index in [2.05, 4.69) is 5.32 Å². The first kappa shape index (κ1) is 33.4. The zero-order valence-corrected chi connectivity index (χ0v) is 24.3. The number of methoxy groups -OCH3 is 1. The van der Waals surface area contributed by atoms with E-state index in [1.807, 2.05) is 13.8 Å². The third kappa shape index (κ3) is 10.3. The molecular formula is C31H43N3O7. The molecule has 0 saturated heterocycles. The number of amides is 3. The second-order valence-corrected chi connectivity index (χ2v) is 10.4. The van der Waals surface area contributed by atoms with Gasteiger partial charge >= 0.3 is 5.97 Å². The molecular weight excluding hydrogens is 526 g/mol. The number of rotatable bonds is 16. The number of carboxylic acid groups (broad SMARTS) is 1.